The lowest BCUT2D eigenvalue weighted by atomic mass is 10.2. The summed E-state index contributed by atoms with van der Waals surface area (Å²) < 4.78 is 17.9. The van der Waals surface area contributed by atoms with Gasteiger partial charge in [-0.05, 0) is 55.8 Å². The van der Waals surface area contributed by atoms with Crippen LogP contribution in [0.15, 0.2) is 56.8 Å². The quantitative estimate of drug-likeness (QED) is 0.281. The highest BCUT2D eigenvalue weighted by molar-refractivity contribution is 7.99. The maximum Gasteiger partial charge on any atom is 0.250 e. The largest absolute Gasteiger partial charge is 0.493 e. The fourth-order valence-corrected chi connectivity index (χ4v) is 3.67. The molecule has 9 nitrogen and oxygen atoms in total. The molecule has 0 spiro atoms. The van der Waals surface area contributed by atoms with Gasteiger partial charge >= 0.3 is 0 Å². The zero-order chi connectivity index (χ0) is 22.9. The van der Waals surface area contributed by atoms with Crippen molar-refractivity contribution < 1.29 is 18.7 Å². The zero-order valence-electron chi connectivity index (χ0n) is 18.4. The Bertz CT molecular complexity index is 1110. The van der Waals surface area contributed by atoms with Gasteiger partial charge in [-0.15, -0.1) is 10.2 Å². The van der Waals surface area contributed by atoms with Gasteiger partial charge in [0.25, 0.3) is 5.91 Å². The number of ether oxygens (including phenoxy) is 2. The standard InChI is InChI=1S/C22H25N5O4S/c1-5-27-21(16-8-9-18(29-3)19(12-16)30-4)25-26-22(27)32-14-20(28)24-23-13-15(2)11-17-7-6-10-31-17/h6-13H,5,14H2,1-4H3,(H,24,28). The molecule has 3 aromatic rings. The van der Waals surface area contributed by atoms with E-state index in [4.69, 9.17) is 13.9 Å². The van der Waals surface area contributed by atoms with E-state index in [0.717, 1.165) is 16.9 Å². The molecule has 2 aromatic heterocycles. The first-order valence-corrected chi connectivity index (χ1v) is 10.9. The van der Waals surface area contributed by atoms with Gasteiger partial charge in [0.05, 0.1) is 32.5 Å². The Labute approximate surface area is 190 Å². The van der Waals surface area contributed by atoms with Crippen molar-refractivity contribution in [1.82, 2.24) is 20.2 Å². The molecule has 2 heterocycles. The zero-order valence-corrected chi connectivity index (χ0v) is 19.2. The molecule has 1 amide bonds. The van der Waals surface area contributed by atoms with Gasteiger partial charge < -0.3 is 18.5 Å². The average molecular weight is 456 g/mol. The van der Waals surface area contributed by atoms with E-state index in [1.165, 1.54) is 11.8 Å². The Morgan fingerprint density at radius 1 is 1.25 bits per heavy atom. The topological polar surface area (TPSA) is 104 Å². The van der Waals surface area contributed by atoms with E-state index < -0.39 is 0 Å². The second kappa shape index (κ2) is 11.2. The predicted molar refractivity (Wildman–Crippen MR) is 124 cm³/mol. The lowest BCUT2D eigenvalue weighted by Crippen LogP contribution is -2.20. The SMILES string of the molecule is CCn1c(SCC(=O)NN=CC(C)=Cc2ccco2)nnc1-c1ccc(OC)c(OC)c1. The monoisotopic (exact) mass is 455 g/mol. The van der Waals surface area contributed by atoms with Crippen LogP contribution in [0.1, 0.15) is 19.6 Å². The van der Waals surface area contributed by atoms with Gasteiger partial charge in [0.2, 0.25) is 0 Å². The molecule has 0 unspecified atom stereocenters. The highest BCUT2D eigenvalue weighted by atomic mass is 32.2. The number of rotatable bonds is 10. The first-order chi connectivity index (χ1) is 15.5. The second-order valence-electron chi connectivity index (χ2n) is 6.61. The third-order valence-electron chi connectivity index (χ3n) is 4.38. The van der Waals surface area contributed by atoms with E-state index >= 15 is 0 Å². The van der Waals surface area contributed by atoms with Crippen molar-refractivity contribution in [3.63, 3.8) is 0 Å². The number of hydrazone groups is 1. The predicted octanol–water partition coefficient (Wildman–Crippen LogP) is 3.87. The average Bonchev–Trinajstić information content (AvgIpc) is 3.46. The molecule has 168 valence electrons. The number of carbonyl (C=O) groups is 1. The molecular weight excluding hydrogens is 430 g/mol. The normalized spacial score (nSPS) is 11.7. The summed E-state index contributed by atoms with van der Waals surface area (Å²) in [5.41, 5.74) is 4.21. The van der Waals surface area contributed by atoms with Crippen LogP contribution in [0, 0.1) is 0 Å². The van der Waals surface area contributed by atoms with Gasteiger partial charge in [-0.1, -0.05) is 11.8 Å². The minimum atomic E-state index is -0.240. The van der Waals surface area contributed by atoms with Crippen molar-refractivity contribution in [3.05, 3.63) is 47.9 Å². The van der Waals surface area contributed by atoms with Crippen molar-refractivity contribution in [2.75, 3.05) is 20.0 Å². The highest BCUT2D eigenvalue weighted by Gasteiger charge is 2.16. The number of nitrogens with one attached hydrogen (secondary N) is 1. The van der Waals surface area contributed by atoms with Gasteiger partial charge in [0, 0.05) is 12.1 Å². The maximum absolute atomic E-state index is 12.2. The van der Waals surface area contributed by atoms with Gasteiger partial charge in [-0.2, -0.15) is 5.10 Å². The van der Waals surface area contributed by atoms with Crippen molar-refractivity contribution in [1.29, 1.82) is 0 Å². The summed E-state index contributed by atoms with van der Waals surface area (Å²) in [7, 11) is 3.18. The molecular formula is C22H25N5O4S. The van der Waals surface area contributed by atoms with E-state index in [-0.39, 0.29) is 11.7 Å². The van der Waals surface area contributed by atoms with Gasteiger partial charge in [0.15, 0.2) is 22.5 Å². The summed E-state index contributed by atoms with van der Waals surface area (Å²) in [6.45, 7) is 4.51. The van der Waals surface area contributed by atoms with E-state index in [1.807, 2.05) is 48.8 Å². The minimum Gasteiger partial charge on any atom is -0.493 e. The van der Waals surface area contributed by atoms with Gasteiger partial charge in [0.1, 0.15) is 5.76 Å². The van der Waals surface area contributed by atoms with Gasteiger partial charge in [-0.3, -0.25) is 4.79 Å². The molecule has 0 atom stereocenters. The number of benzene rings is 1. The van der Waals surface area contributed by atoms with E-state index in [0.29, 0.717) is 29.0 Å². The first-order valence-electron chi connectivity index (χ1n) is 9.87. The molecule has 0 saturated heterocycles. The van der Waals surface area contributed by atoms with Crippen LogP contribution in [0.5, 0.6) is 11.5 Å². The number of furan rings is 1. The number of hydrogen-bond acceptors (Lipinski definition) is 8. The lowest BCUT2D eigenvalue weighted by Gasteiger charge is -2.10. The number of allylic oxidation sites excluding steroid dienone is 1. The van der Waals surface area contributed by atoms with E-state index in [1.54, 1.807) is 32.8 Å². The van der Waals surface area contributed by atoms with E-state index in [2.05, 4.69) is 20.7 Å². The molecule has 0 aliphatic carbocycles. The van der Waals surface area contributed by atoms with Crippen LogP contribution in [0.3, 0.4) is 0 Å². The van der Waals surface area contributed by atoms with Crippen LogP contribution >= 0.6 is 11.8 Å². The Hall–Kier alpha value is -3.53. The minimum absolute atomic E-state index is 0.155. The molecule has 0 aliphatic heterocycles. The molecule has 32 heavy (non-hydrogen) atoms. The molecule has 1 aromatic carbocycles. The number of thioether (sulfide) groups is 1. The summed E-state index contributed by atoms with van der Waals surface area (Å²) in [4.78, 5) is 12.2. The van der Waals surface area contributed by atoms with Crippen LogP contribution in [0.2, 0.25) is 0 Å². The number of aromatic nitrogens is 3. The fraction of sp³-hybridized carbons (Fsp3) is 0.273. The van der Waals surface area contributed by atoms with Crippen molar-refractivity contribution in [2.45, 2.75) is 25.5 Å². The van der Waals surface area contributed by atoms with Crippen LogP contribution in [0.25, 0.3) is 17.5 Å². The molecule has 0 bridgehead atoms. The van der Waals surface area contributed by atoms with Gasteiger partial charge in [-0.25, -0.2) is 5.43 Å². The molecule has 10 heteroatoms. The summed E-state index contributed by atoms with van der Waals surface area (Å²) in [6.07, 6.45) is 4.99. The Morgan fingerprint density at radius 3 is 2.75 bits per heavy atom. The fourth-order valence-electron chi connectivity index (χ4n) is 2.87. The Balaban J connectivity index is 1.62. The van der Waals surface area contributed by atoms with Crippen molar-refractivity contribution in [3.8, 4) is 22.9 Å². The van der Waals surface area contributed by atoms with Crippen LogP contribution in [0.4, 0.5) is 0 Å². The molecule has 0 aliphatic rings. The summed E-state index contributed by atoms with van der Waals surface area (Å²) in [5, 5.41) is 13.2. The first kappa shape index (κ1) is 23.1. The number of carbonyl (C=O) groups excluding carboxylic acids is 1. The number of nitrogens with zero attached hydrogens (tertiary/aromatic N) is 4. The maximum atomic E-state index is 12.2. The van der Waals surface area contributed by atoms with Crippen LogP contribution < -0.4 is 14.9 Å². The number of methoxy groups -OCH3 is 2. The second-order valence-corrected chi connectivity index (χ2v) is 7.55. The molecule has 1 N–H and O–H groups in total. The lowest BCUT2D eigenvalue weighted by molar-refractivity contribution is -0.118. The summed E-state index contributed by atoms with van der Waals surface area (Å²) >= 11 is 1.29. The van der Waals surface area contributed by atoms with Crippen molar-refractivity contribution >= 4 is 30.0 Å². The van der Waals surface area contributed by atoms with Crippen LogP contribution in [-0.2, 0) is 11.3 Å². The third-order valence-corrected chi connectivity index (χ3v) is 5.34. The summed E-state index contributed by atoms with van der Waals surface area (Å²) in [5.74, 6) is 2.57. The molecule has 0 fully saturated rings. The Morgan fingerprint density at radius 2 is 2.06 bits per heavy atom. The number of amides is 1. The third kappa shape index (κ3) is 5.79. The molecule has 0 radical (unpaired) electrons. The smallest absolute Gasteiger partial charge is 0.250 e. The van der Waals surface area contributed by atoms with Crippen LogP contribution in [-0.4, -0.2) is 46.9 Å². The molecule has 3 rings (SSSR count). The number of hydrogen-bond donors (Lipinski definition) is 1. The molecule has 0 saturated carbocycles. The van der Waals surface area contributed by atoms with E-state index in [9.17, 15) is 4.79 Å². The summed E-state index contributed by atoms with van der Waals surface area (Å²) in [6, 6.07) is 9.21. The van der Waals surface area contributed by atoms with Crippen molar-refractivity contribution in [2.24, 2.45) is 5.10 Å². The Kier molecular flexibility index (Phi) is 8.09. The highest BCUT2D eigenvalue weighted by Crippen LogP contribution is 2.32.